The minimum atomic E-state index is -10.9. The molecule has 0 fully saturated rings. The molecule has 0 saturated heterocycles. The molecular formula is C47H25F23N4OS4. The fourth-order valence-electron chi connectivity index (χ4n) is 8.36. The Balaban J connectivity index is 1.55. The van der Waals surface area contributed by atoms with Crippen molar-refractivity contribution in [1.82, 2.24) is 19.9 Å². The second-order valence-electron chi connectivity index (χ2n) is 17.6. The molecule has 0 unspecified atom stereocenters. The van der Waals surface area contributed by atoms with Gasteiger partial charge in [0.15, 0.2) is 0 Å². The molecule has 3 aromatic heterocycles. The van der Waals surface area contributed by atoms with E-state index in [1.54, 1.807) is 0 Å². The summed E-state index contributed by atoms with van der Waals surface area (Å²) in [7, 11) is -43.5. The molecule has 424 valence electrons. The van der Waals surface area contributed by atoms with Crippen LogP contribution in [0, 0.1) is 29.8 Å². The van der Waals surface area contributed by atoms with Gasteiger partial charge in [0.05, 0.1) is 22.8 Å². The van der Waals surface area contributed by atoms with Crippen molar-refractivity contribution in [2.24, 2.45) is 0 Å². The number of ether oxygens (including phenoxy) is 1. The summed E-state index contributed by atoms with van der Waals surface area (Å²) in [5.74, 6) is -5.21. The SMILES string of the molecule is C#CCOc1cc(-c2c3nc(c(-c4cc(F)cc(S(F)(F)(F)(F)F)c4)c4ccc([nH]4)c(-c4cc(F)cc(S(F)(F)(F)(F)F)c4)c4nc(c(-c5cc(F)cc(S(F)(F)(F)(F)F)c5)c5ccc2[nH]5)C=C4)C=C3)cc(S(F)(F)(F)(F)F)c1. The predicted molar refractivity (Wildman–Crippen MR) is 260 cm³/mol. The van der Waals surface area contributed by atoms with E-state index < -0.39 is 198 Å². The van der Waals surface area contributed by atoms with Crippen LogP contribution in [0.4, 0.5) is 90.9 Å². The first kappa shape index (κ1) is 56.4. The van der Waals surface area contributed by atoms with Crippen LogP contribution < -0.4 is 4.74 Å². The molecule has 0 spiro atoms. The molecule has 0 saturated carbocycles. The van der Waals surface area contributed by atoms with Gasteiger partial charge >= 0.3 is 40.9 Å². The number of terminal acetylenes is 1. The maximum atomic E-state index is 15.3. The first-order valence-electron chi connectivity index (χ1n) is 21.1. The first-order chi connectivity index (χ1) is 35.3. The molecule has 0 amide bonds. The summed E-state index contributed by atoms with van der Waals surface area (Å²) in [6.45, 7) is -0.883. The molecule has 79 heavy (non-hydrogen) atoms. The van der Waals surface area contributed by atoms with E-state index in [1.165, 1.54) is 0 Å². The van der Waals surface area contributed by atoms with Gasteiger partial charge in [-0.25, -0.2) is 23.1 Å². The van der Waals surface area contributed by atoms with E-state index in [1.807, 2.05) is 5.92 Å². The van der Waals surface area contributed by atoms with Crippen LogP contribution >= 0.6 is 40.9 Å². The standard InChI is InChI=1S/C47H25F23N4OS4/c1-2-11-75-31-15-27(19-35(23-31)79(66,67,68,69)70)47-42-9-7-40(73-42)45(25-13-29(49)21-33(17-25)77(56,57,58,59)60)38-5-3-36(71-38)44(24-12-28(48)20-32(16-24)76(51,52,53,54)55)37-4-6-39(72-37)46(41-8-10-43(47)74-41)26-14-30(50)22-34(18-26)78(61,62,63,64)65/h1,3-10,12-23,71,74H,11H2. The average molecular weight is 1230 g/mol. The van der Waals surface area contributed by atoms with E-state index in [4.69, 9.17) is 11.2 Å². The number of nitrogens with zero attached hydrogens (tertiary/aromatic N) is 2. The Kier molecular flexibility index (Phi) is 10.6. The zero-order valence-corrected chi connectivity index (χ0v) is 41.2. The van der Waals surface area contributed by atoms with Gasteiger partial charge in [-0.1, -0.05) is 83.6 Å². The number of nitrogens with one attached hydrogen (secondary N) is 2. The van der Waals surface area contributed by atoms with Gasteiger partial charge in [0.2, 0.25) is 0 Å². The van der Waals surface area contributed by atoms with Crippen LogP contribution in [0.5, 0.6) is 5.75 Å². The Bertz CT molecular complexity index is 4100. The van der Waals surface area contributed by atoms with E-state index in [0.29, 0.717) is 6.07 Å². The third-order valence-corrected chi connectivity index (χ3v) is 16.0. The molecule has 8 bridgehead atoms. The van der Waals surface area contributed by atoms with Crippen molar-refractivity contribution >= 4 is 87.3 Å². The lowest BCUT2D eigenvalue weighted by molar-refractivity contribution is 0.353. The Labute approximate surface area is 427 Å². The number of hydrogen-bond donors (Lipinski definition) is 2. The van der Waals surface area contributed by atoms with Crippen molar-refractivity contribution in [2.75, 3.05) is 6.61 Å². The normalized spacial score (nSPS) is 16.8. The fraction of sp³-hybridized carbons (Fsp3) is 0.0213. The lowest BCUT2D eigenvalue weighted by atomic mass is 10.0. The van der Waals surface area contributed by atoms with Crippen LogP contribution in [-0.2, 0) is 0 Å². The fourth-order valence-corrected chi connectivity index (χ4v) is 11.1. The summed E-state index contributed by atoms with van der Waals surface area (Å²) in [6, 6.07) is 1.39. The molecule has 7 aromatic rings. The van der Waals surface area contributed by atoms with Crippen molar-refractivity contribution < 1.29 is 95.6 Å². The van der Waals surface area contributed by atoms with E-state index >= 15 is 13.2 Å². The smallest absolute Gasteiger partial charge is 0.310 e. The second kappa shape index (κ2) is 14.9. The number of rotatable bonds is 10. The molecule has 9 rings (SSSR count). The van der Waals surface area contributed by atoms with Gasteiger partial charge in [-0.05, 0) is 138 Å². The number of fused-ring (bicyclic) bond motifs is 8. The molecular weight excluding hydrogens is 1200 g/mol. The summed E-state index contributed by atoms with van der Waals surface area (Å²) >= 11 is 0. The van der Waals surface area contributed by atoms with Gasteiger partial charge in [0, 0.05) is 50.4 Å². The molecule has 0 aliphatic carbocycles. The van der Waals surface area contributed by atoms with Crippen molar-refractivity contribution in [2.45, 2.75) is 19.6 Å². The summed E-state index contributed by atoms with van der Waals surface area (Å²) in [5.41, 5.74) is -14.1. The maximum absolute atomic E-state index is 15.3. The highest BCUT2D eigenvalue weighted by molar-refractivity contribution is 8.46. The van der Waals surface area contributed by atoms with Gasteiger partial charge in [0.1, 0.15) is 49.4 Å². The molecule has 5 heterocycles. The minimum absolute atomic E-state index is 0.170. The average Bonchev–Trinajstić information content (AvgIpc) is 4.10. The molecule has 2 N–H and O–H groups in total. The van der Waals surface area contributed by atoms with Crippen LogP contribution in [0.25, 0.3) is 90.9 Å². The van der Waals surface area contributed by atoms with Gasteiger partial charge in [-0.2, -0.15) is 0 Å². The van der Waals surface area contributed by atoms with Gasteiger partial charge < -0.3 is 14.7 Å². The number of halogens is 23. The van der Waals surface area contributed by atoms with Crippen molar-refractivity contribution in [3.8, 4) is 62.6 Å². The van der Waals surface area contributed by atoms with Crippen LogP contribution in [0.3, 0.4) is 0 Å². The maximum Gasteiger partial charge on any atom is 0.310 e. The lowest BCUT2D eigenvalue weighted by Gasteiger charge is -2.40. The van der Waals surface area contributed by atoms with Gasteiger partial charge in [-0.15, -0.1) is 6.42 Å². The van der Waals surface area contributed by atoms with Crippen molar-refractivity contribution in [1.29, 1.82) is 0 Å². The highest BCUT2D eigenvalue weighted by Gasteiger charge is 2.68. The number of benzene rings is 4. The number of hydrogen-bond acceptors (Lipinski definition) is 3. The van der Waals surface area contributed by atoms with E-state index in [0.717, 1.165) is 48.6 Å². The molecule has 2 aliphatic rings. The zero-order chi connectivity index (χ0) is 58.6. The van der Waals surface area contributed by atoms with Crippen LogP contribution in [0.1, 0.15) is 22.8 Å². The quantitative estimate of drug-likeness (QED) is 0.106. The number of H-pyrrole nitrogens is 2. The summed E-state index contributed by atoms with van der Waals surface area (Å²) < 4.78 is 341. The number of aromatic nitrogens is 4. The molecule has 4 aromatic carbocycles. The Hall–Kier alpha value is -7.37. The second-order valence-corrected chi connectivity index (χ2v) is 27.2. The van der Waals surface area contributed by atoms with Crippen LogP contribution in [0.15, 0.2) is 117 Å². The van der Waals surface area contributed by atoms with Crippen molar-refractivity contribution in [3.05, 3.63) is 137 Å². The third kappa shape index (κ3) is 11.7. The zero-order valence-electron chi connectivity index (χ0n) is 38.0. The van der Waals surface area contributed by atoms with Crippen LogP contribution in [-0.4, -0.2) is 26.5 Å². The monoisotopic (exact) mass is 1230 g/mol. The van der Waals surface area contributed by atoms with E-state index in [2.05, 4.69) is 19.9 Å². The largest absolute Gasteiger partial charge is 0.481 e. The summed E-state index contributed by atoms with van der Waals surface area (Å²) in [4.78, 5) is 2.00. The van der Waals surface area contributed by atoms with Gasteiger partial charge in [-0.3, -0.25) is 0 Å². The highest BCUT2D eigenvalue weighted by Crippen LogP contribution is 3.04. The van der Waals surface area contributed by atoms with Gasteiger partial charge in [0.25, 0.3) is 0 Å². The first-order valence-corrected chi connectivity index (χ1v) is 28.9. The van der Waals surface area contributed by atoms with E-state index in [-0.39, 0.29) is 48.5 Å². The minimum Gasteiger partial charge on any atom is -0.481 e. The summed E-state index contributed by atoms with van der Waals surface area (Å²) in [6.07, 6.45) is 8.22. The van der Waals surface area contributed by atoms with E-state index in [9.17, 15) is 77.7 Å². The lowest BCUT2D eigenvalue weighted by Crippen LogP contribution is -2.07. The predicted octanol–water partition coefficient (Wildman–Crippen LogP) is 22.4. The van der Waals surface area contributed by atoms with Crippen LogP contribution in [0.2, 0.25) is 0 Å². The third-order valence-electron chi connectivity index (χ3n) is 11.5. The molecule has 32 heteroatoms. The Morgan fingerprint density at radius 3 is 0.873 bits per heavy atom. The molecule has 5 nitrogen and oxygen atoms in total. The molecule has 2 aliphatic heterocycles. The Morgan fingerprint density at radius 1 is 0.367 bits per heavy atom. The Morgan fingerprint density at radius 2 is 0.620 bits per heavy atom. The highest BCUT2D eigenvalue weighted by atomic mass is 32.5. The molecule has 0 atom stereocenters. The van der Waals surface area contributed by atoms with Crippen molar-refractivity contribution in [3.63, 3.8) is 0 Å². The molecule has 0 radical (unpaired) electrons. The topological polar surface area (TPSA) is 66.6 Å². The number of aromatic amines is 2. The summed E-state index contributed by atoms with van der Waals surface area (Å²) in [5, 5.41) is 0.